The summed E-state index contributed by atoms with van der Waals surface area (Å²) in [5.74, 6) is -0.816. The molecule has 2 aromatic carbocycles. The van der Waals surface area contributed by atoms with Crippen LogP contribution >= 0.6 is 0 Å². The maximum absolute atomic E-state index is 12.7. The number of phenolic OH excluding ortho intramolecular Hbond substituents is 1. The zero-order valence-electron chi connectivity index (χ0n) is 12.9. The molecular weight excluding hydrogens is 332 g/mol. The van der Waals surface area contributed by atoms with Crippen LogP contribution in [-0.2, 0) is 9.84 Å². The van der Waals surface area contributed by atoms with Crippen molar-refractivity contribution in [3.05, 3.63) is 57.9 Å². The van der Waals surface area contributed by atoms with Crippen LogP contribution in [0.2, 0.25) is 0 Å². The molecule has 0 atom stereocenters. The fourth-order valence-corrected chi connectivity index (χ4v) is 3.79. The van der Waals surface area contributed by atoms with E-state index in [2.05, 4.69) is 0 Å². The first-order valence-electron chi connectivity index (χ1n) is 7.03. The minimum Gasteiger partial charge on any atom is -0.508 e. The van der Waals surface area contributed by atoms with E-state index >= 15 is 0 Å². The number of hydrogen-bond acceptors (Lipinski definition) is 6. The lowest BCUT2D eigenvalue weighted by molar-refractivity contribution is 0.438. The molecule has 0 fully saturated rings. The van der Waals surface area contributed by atoms with Gasteiger partial charge >= 0.3 is 5.63 Å². The van der Waals surface area contributed by atoms with Gasteiger partial charge in [-0.15, -0.1) is 0 Å². The van der Waals surface area contributed by atoms with Gasteiger partial charge in [0.2, 0.25) is 9.84 Å². The Balaban J connectivity index is 2.37. The Bertz CT molecular complexity index is 1110. The second kappa shape index (κ2) is 5.38. The Hall–Kier alpha value is -2.80. The van der Waals surface area contributed by atoms with E-state index in [-0.39, 0.29) is 27.2 Å². The summed E-state index contributed by atoms with van der Waals surface area (Å²) in [6.07, 6.45) is 0. The summed E-state index contributed by atoms with van der Waals surface area (Å²) in [4.78, 5) is 11.3. The highest BCUT2D eigenvalue weighted by Crippen LogP contribution is 2.35. The van der Waals surface area contributed by atoms with E-state index in [1.54, 1.807) is 19.1 Å². The molecule has 0 bridgehead atoms. The van der Waals surface area contributed by atoms with Crippen LogP contribution in [0.5, 0.6) is 11.5 Å². The first kappa shape index (κ1) is 16.1. The normalized spacial score (nSPS) is 11.8. The van der Waals surface area contributed by atoms with Gasteiger partial charge in [0, 0.05) is 5.56 Å². The second-order valence-electron chi connectivity index (χ2n) is 5.47. The van der Waals surface area contributed by atoms with Gasteiger partial charge in [0.1, 0.15) is 11.3 Å². The fraction of sp³-hybridized carbons (Fsp3) is 0.118. The highest BCUT2D eigenvalue weighted by molar-refractivity contribution is 7.91. The number of aryl methyl sites for hydroxylation is 2. The van der Waals surface area contributed by atoms with Crippen LogP contribution in [0.4, 0.5) is 0 Å². The molecule has 1 aromatic heterocycles. The van der Waals surface area contributed by atoms with Crippen molar-refractivity contribution in [2.45, 2.75) is 23.6 Å². The molecule has 0 aliphatic heterocycles. The topological polar surface area (TPSA) is 105 Å². The molecule has 0 saturated carbocycles. The molecule has 124 valence electrons. The molecule has 3 rings (SSSR count). The summed E-state index contributed by atoms with van der Waals surface area (Å²) >= 11 is 0. The van der Waals surface area contributed by atoms with Crippen molar-refractivity contribution in [2.75, 3.05) is 0 Å². The summed E-state index contributed by atoms with van der Waals surface area (Å²) < 4.78 is 30.5. The Morgan fingerprint density at radius 3 is 2.21 bits per heavy atom. The Morgan fingerprint density at radius 2 is 1.58 bits per heavy atom. The van der Waals surface area contributed by atoms with Crippen LogP contribution in [0.3, 0.4) is 0 Å². The number of fused-ring (bicyclic) bond motifs is 1. The fourth-order valence-electron chi connectivity index (χ4n) is 2.43. The first-order valence-corrected chi connectivity index (χ1v) is 8.52. The highest BCUT2D eigenvalue weighted by Gasteiger charge is 2.29. The molecule has 0 aliphatic carbocycles. The van der Waals surface area contributed by atoms with E-state index in [9.17, 15) is 23.4 Å². The van der Waals surface area contributed by atoms with Crippen LogP contribution in [0, 0.1) is 13.8 Å². The lowest BCUT2D eigenvalue weighted by Gasteiger charge is -2.09. The van der Waals surface area contributed by atoms with Crippen LogP contribution in [-0.4, -0.2) is 18.6 Å². The van der Waals surface area contributed by atoms with Crippen LogP contribution in [0.15, 0.2) is 55.4 Å². The van der Waals surface area contributed by atoms with Crippen molar-refractivity contribution in [3.63, 3.8) is 0 Å². The number of hydrogen-bond donors (Lipinski definition) is 2. The van der Waals surface area contributed by atoms with Crippen molar-refractivity contribution in [1.82, 2.24) is 0 Å². The van der Waals surface area contributed by atoms with Crippen molar-refractivity contribution in [2.24, 2.45) is 0 Å². The minimum atomic E-state index is -4.25. The number of benzene rings is 2. The second-order valence-corrected chi connectivity index (χ2v) is 7.36. The van der Waals surface area contributed by atoms with Gasteiger partial charge in [0.25, 0.3) is 0 Å². The van der Waals surface area contributed by atoms with Crippen LogP contribution < -0.4 is 5.63 Å². The molecule has 0 aliphatic rings. The molecular formula is C17H14O6S. The van der Waals surface area contributed by atoms with Crippen molar-refractivity contribution >= 4 is 20.8 Å². The van der Waals surface area contributed by atoms with Gasteiger partial charge in [-0.3, -0.25) is 0 Å². The molecule has 0 saturated heterocycles. The van der Waals surface area contributed by atoms with Gasteiger partial charge in [-0.1, -0.05) is 17.7 Å². The molecule has 2 N–H and O–H groups in total. The Kier molecular flexibility index (Phi) is 3.60. The monoisotopic (exact) mass is 346 g/mol. The van der Waals surface area contributed by atoms with Crippen molar-refractivity contribution < 1.29 is 23.0 Å². The highest BCUT2D eigenvalue weighted by atomic mass is 32.2. The number of phenols is 1. The van der Waals surface area contributed by atoms with Gasteiger partial charge in [0.15, 0.2) is 10.6 Å². The smallest absolute Gasteiger partial charge is 0.359 e. The average molecular weight is 346 g/mol. The maximum Gasteiger partial charge on any atom is 0.359 e. The zero-order valence-corrected chi connectivity index (χ0v) is 13.7. The quantitative estimate of drug-likeness (QED) is 0.691. The largest absolute Gasteiger partial charge is 0.508 e. The summed E-state index contributed by atoms with van der Waals surface area (Å²) in [5, 5.41) is 20.1. The maximum atomic E-state index is 12.7. The van der Waals surface area contributed by atoms with Crippen LogP contribution in [0.25, 0.3) is 11.0 Å². The Morgan fingerprint density at radius 1 is 0.958 bits per heavy atom. The molecule has 0 spiro atoms. The molecule has 1 heterocycles. The Labute approximate surface area is 137 Å². The molecule has 6 nitrogen and oxygen atoms in total. The standard InChI is InChI=1S/C17H14O6S/c1-9-3-5-11(6-4-9)24(21,22)16-14(19)12-7-8-13(18)10(2)15(12)23-17(16)20/h3-8,18-19H,1-2H3. The molecule has 3 aromatic rings. The molecule has 0 amide bonds. The van der Waals surface area contributed by atoms with Crippen molar-refractivity contribution in [1.29, 1.82) is 0 Å². The lowest BCUT2D eigenvalue weighted by atomic mass is 10.1. The summed E-state index contributed by atoms with van der Waals surface area (Å²) in [7, 11) is -4.25. The predicted octanol–water partition coefficient (Wildman–Crippen LogP) is 2.65. The van der Waals surface area contributed by atoms with E-state index in [0.29, 0.717) is 0 Å². The van der Waals surface area contributed by atoms with E-state index in [1.807, 2.05) is 0 Å². The lowest BCUT2D eigenvalue weighted by Crippen LogP contribution is -2.15. The van der Waals surface area contributed by atoms with Gasteiger partial charge in [0.05, 0.1) is 10.3 Å². The van der Waals surface area contributed by atoms with Gasteiger partial charge in [-0.05, 0) is 38.1 Å². The van der Waals surface area contributed by atoms with Crippen LogP contribution in [0.1, 0.15) is 11.1 Å². The summed E-state index contributed by atoms with van der Waals surface area (Å²) in [5.41, 5.74) is -0.149. The minimum absolute atomic E-state index is 0.0376. The molecule has 0 unspecified atom stereocenters. The van der Waals surface area contributed by atoms with Gasteiger partial charge in [-0.25, -0.2) is 13.2 Å². The van der Waals surface area contributed by atoms with E-state index in [4.69, 9.17) is 4.42 Å². The SMILES string of the molecule is Cc1ccc(S(=O)(=O)c2c(O)c3ccc(O)c(C)c3oc2=O)cc1. The summed E-state index contributed by atoms with van der Waals surface area (Å²) in [6.45, 7) is 3.29. The number of sulfone groups is 1. The van der Waals surface area contributed by atoms with Gasteiger partial charge < -0.3 is 14.6 Å². The predicted molar refractivity (Wildman–Crippen MR) is 87.2 cm³/mol. The summed E-state index contributed by atoms with van der Waals surface area (Å²) in [6, 6.07) is 8.49. The third kappa shape index (κ3) is 2.33. The van der Waals surface area contributed by atoms with Gasteiger partial charge in [-0.2, -0.15) is 0 Å². The number of rotatable bonds is 2. The molecule has 0 radical (unpaired) electrons. The van der Waals surface area contributed by atoms with Crippen molar-refractivity contribution in [3.8, 4) is 11.5 Å². The van der Waals surface area contributed by atoms with E-state index in [0.717, 1.165) is 5.56 Å². The first-order chi connectivity index (χ1) is 11.2. The molecule has 24 heavy (non-hydrogen) atoms. The third-order valence-corrected chi connectivity index (χ3v) is 5.62. The average Bonchev–Trinajstić information content (AvgIpc) is 2.51. The van der Waals surface area contributed by atoms with E-state index in [1.165, 1.54) is 31.2 Å². The molecule has 7 heteroatoms. The zero-order chi connectivity index (χ0) is 17.6. The number of aromatic hydroxyl groups is 2. The van der Waals surface area contributed by atoms with E-state index < -0.39 is 26.1 Å². The third-order valence-electron chi connectivity index (χ3n) is 3.83.